The third-order valence-corrected chi connectivity index (χ3v) is 4.98. The molecule has 1 atom stereocenters. The predicted molar refractivity (Wildman–Crippen MR) is 114 cm³/mol. The molecule has 0 aromatic heterocycles. The summed E-state index contributed by atoms with van der Waals surface area (Å²) in [6.45, 7) is 0.148. The van der Waals surface area contributed by atoms with Crippen LogP contribution in [0.5, 0.6) is 11.5 Å². The van der Waals surface area contributed by atoms with Crippen molar-refractivity contribution < 1.29 is 14.3 Å². The van der Waals surface area contributed by atoms with Crippen LogP contribution in [0.1, 0.15) is 5.56 Å². The molecule has 0 saturated carbocycles. The van der Waals surface area contributed by atoms with E-state index in [1.165, 1.54) is 0 Å². The quantitative estimate of drug-likeness (QED) is 0.327. The number of carbonyl (C=O) groups is 1. The lowest BCUT2D eigenvalue weighted by atomic mass is 9.97. The lowest BCUT2D eigenvalue weighted by Crippen LogP contribution is -2.42. The Morgan fingerprint density at radius 3 is 2.24 bits per heavy atom. The van der Waals surface area contributed by atoms with Crippen molar-refractivity contribution in [2.75, 3.05) is 6.61 Å². The van der Waals surface area contributed by atoms with Crippen LogP contribution in [0.15, 0.2) is 84.0 Å². The van der Waals surface area contributed by atoms with Gasteiger partial charge in [0.25, 0.3) is 5.91 Å². The molecule has 0 aliphatic carbocycles. The van der Waals surface area contributed by atoms with E-state index in [9.17, 15) is 4.79 Å². The van der Waals surface area contributed by atoms with Gasteiger partial charge < -0.3 is 9.47 Å². The fraction of sp³-hybridized carbons (Fsp3) is 0.0833. The van der Waals surface area contributed by atoms with Crippen LogP contribution in [-0.2, 0) is 4.79 Å². The summed E-state index contributed by atoms with van der Waals surface area (Å²) in [6.07, 6.45) is 0.950. The van der Waals surface area contributed by atoms with Crippen LogP contribution < -0.4 is 14.9 Å². The fourth-order valence-corrected chi connectivity index (χ4v) is 3.57. The zero-order valence-electron chi connectivity index (χ0n) is 15.5. The van der Waals surface area contributed by atoms with Gasteiger partial charge >= 0.3 is 0 Å². The average Bonchev–Trinajstić information content (AvgIpc) is 2.78. The molecule has 0 spiro atoms. The lowest BCUT2D eigenvalue weighted by Gasteiger charge is -2.24. The summed E-state index contributed by atoms with van der Waals surface area (Å²) in [5.74, 6) is 0.852. The molecule has 5 rings (SSSR count). The molecule has 1 amide bonds. The van der Waals surface area contributed by atoms with Crippen molar-refractivity contribution in [3.8, 4) is 11.5 Å². The van der Waals surface area contributed by atoms with E-state index in [-0.39, 0.29) is 12.5 Å². The fourth-order valence-electron chi connectivity index (χ4n) is 3.57. The SMILES string of the molecule is O=C(N/N=C/c1c2ccccc2cc2ccccc12)C1COc2ccccc2O1. The third kappa shape index (κ3) is 3.27. The molecule has 4 aromatic carbocycles. The summed E-state index contributed by atoms with van der Waals surface area (Å²) in [5.41, 5.74) is 3.55. The molecule has 1 aliphatic heterocycles. The molecule has 29 heavy (non-hydrogen) atoms. The maximum Gasteiger partial charge on any atom is 0.284 e. The molecule has 0 fully saturated rings. The van der Waals surface area contributed by atoms with E-state index in [1.54, 1.807) is 12.3 Å². The maximum absolute atomic E-state index is 12.5. The first-order valence-electron chi connectivity index (χ1n) is 9.41. The van der Waals surface area contributed by atoms with E-state index in [2.05, 4.69) is 40.9 Å². The minimum atomic E-state index is -0.744. The van der Waals surface area contributed by atoms with Gasteiger partial charge in [0.15, 0.2) is 11.5 Å². The van der Waals surface area contributed by atoms with Gasteiger partial charge in [-0.05, 0) is 39.7 Å². The number of hydrogen-bond donors (Lipinski definition) is 1. The van der Waals surface area contributed by atoms with Crippen LogP contribution in [0.25, 0.3) is 21.5 Å². The lowest BCUT2D eigenvalue weighted by molar-refractivity contribution is -0.130. The first-order chi connectivity index (χ1) is 14.3. The number of hydrazone groups is 1. The van der Waals surface area contributed by atoms with E-state index in [0.717, 1.165) is 27.1 Å². The van der Waals surface area contributed by atoms with Crippen molar-refractivity contribution in [3.63, 3.8) is 0 Å². The number of ether oxygens (including phenoxy) is 2. The Hall–Kier alpha value is -3.86. The van der Waals surface area contributed by atoms with Gasteiger partial charge in [-0.3, -0.25) is 4.79 Å². The Labute approximate surface area is 167 Å². The van der Waals surface area contributed by atoms with E-state index < -0.39 is 6.10 Å². The van der Waals surface area contributed by atoms with Crippen molar-refractivity contribution in [2.24, 2.45) is 5.10 Å². The van der Waals surface area contributed by atoms with Gasteiger partial charge in [-0.25, -0.2) is 5.43 Å². The van der Waals surface area contributed by atoms with Crippen molar-refractivity contribution in [1.29, 1.82) is 0 Å². The number of rotatable bonds is 3. The van der Waals surface area contributed by atoms with Crippen molar-refractivity contribution in [3.05, 3.63) is 84.4 Å². The molecule has 0 bridgehead atoms. The summed E-state index contributed by atoms with van der Waals surface area (Å²) in [7, 11) is 0. The van der Waals surface area contributed by atoms with Crippen LogP contribution in [-0.4, -0.2) is 24.8 Å². The van der Waals surface area contributed by atoms with Gasteiger partial charge in [-0.15, -0.1) is 0 Å². The molecule has 1 unspecified atom stereocenters. The summed E-state index contributed by atoms with van der Waals surface area (Å²) in [4.78, 5) is 12.5. The molecule has 4 aromatic rings. The topological polar surface area (TPSA) is 59.9 Å². The van der Waals surface area contributed by atoms with Crippen LogP contribution >= 0.6 is 0 Å². The monoisotopic (exact) mass is 382 g/mol. The highest BCUT2D eigenvalue weighted by molar-refractivity contribution is 6.13. The van der Waals surface area contributed by atoms with Crippen LogP contribution in [0, 0.1) is 0 Å². The van der Waals surface area contributed by atoms with Crippen molar-refractivity contribution >= 4 is 33.7 Å². The summed E-state index contributed by atoms with van der Waals surface area (Å²) < 4.78 is 11.3. The number of fused-ring (bicyclic) bond motifs is 3. The molecule has 1 heterocycles. The zero-order chi connectivity index (χ0) is 19.6. The maximum atomic E-state index is 12.5. The number of benzene rings is 4. The van der Waals surface area contributed by atoms with E-state index in [4.69, 9.17) is 9.47 Å². The first kappa shape index (κ1) is 17.3. The highest BCUT2D eigenvalue weighted by atomic mass is 16.6. The molecular formula is C24H18N2O3. The second-order valence-electron chi connectivity index (χ2n) is 6.83. The molecule has 1 N–H and O–H groups in total. The van der Waals surface area contributed by atoms with E-state index in [0.29, 0.717) is 11.5 Å². The van der Waals surface area contributed by atoms with Gasteiger partial charge in [-0.2, -0.15) is 5.10 Å². The Morgan fingerprint density at radius 2 is 1.52 bits per heavy atom. The highest BCUT2D eigenvalue weighted by Gasteiger charge is 2.27. The molecular weight excluding hydrogens is 364 g/mol. The standard InChI is InChI=1S/C24H18N2O3/c27-24(23-15-28-21-11-5-6-12-22(21)29-23)26-25-14-20-18-9-3-1-7-16(18)13-17-8-2-4-10-19(17)20/h1-14,23H,15H2,(H,26,27)/b25-14+. The van der Waals surface area contributed by atoms with Gasteiger partial charge in [0.2, 0.25) is 6.10 Å². The van der Waals surface area contributed by atoms with E-state index in [1.807, 2.05) is 42.5 Å². The first-order valence-corrected chi connectivity index (χ1v) is 9.41. The molecule has 0 saturated heterocycles. The predicted octanol–water partition coefficient (Wildman–Crippen LogP) is 4.28. The number of carbonyl (C=O) groups excluding carboxylic acids is 1. The van der Waals surface area contributed by atoms with Gasteiger partial charge in [0.05, 0.1) is 6.21 Å². The number of amides is 1. The van der Waals surface area contributed by atoms with Crippen LogP contribution in [0.4, 0.5) is 0 Å². The van der Waals surface area contributed by atoms with Crippen LogP contribution in [0.3, 0.4) is 0 Å². The normalized spacial score (nSPS) is 15.7. The van der Waals surface area contributed by atoms with Gasteiger partial charge in [-0.1, -0.05) is 60.7 Å². The molecule has 142 valence electrons. The van der Waals surface area contributed by atoms with Crippen LogP contribution in [0.2, 0.25) is 0 Å². The minimum Gasteiger partial charge on any atom is -0.485 e. The number of hydrogen-bond acceptors (Lipinski definition) is 4. The Kier molecular flexibility index (Phi) is 4.33. The summed E-state index contributed by atoms with van der Waals surface area (Å²) in [5, 5.41) is 8.62. The molecule has 5 heteroatoms. The van der Waals surface area contributed by atoms with Crippen molar-refractivity contribution in [1.82, 2.24) is 5.43 Å². The highest BCUT2D eigenvalue weighted by Crippen LogP contribution is 2.31. The molecule has 0 radical (unpaired) electrons. The smallest absolute Gasteiger partial charge is 0.284 e. The van der Waals surface area contributed by atoms with Gasteiger partial charge in [0, 0.05) is 5.56 Å². The Morgan fingerprint density at radius 1 is 0.897 bits per heavy atom. The summed E-state index contributed by atoms with van der Waals surface area (Å²) >= 11 is 0. The Balaban J connectivity index is 1.40. The second kappa shape index (κ2) is 7.28. The average molecular weight is 382 g/mol. The Bertz CT molecular complexity index is 1200. The number of nitrogens with zero attached hydrogens (tertiary/aromatic N) is 1. The van der Waals surface area contributed by atoms with E-state index >= 15 is 0 Å². The van der Waals surface area contributed by atoms with Gasteiger partial charge in [0.1, 0.15) is 6.61 Å². The molecule has 1 aliphatic rings. The summed E-state index contributed by atoms with van der Waals surface area (Å²) in [6, 6.07) is 25.7. The number of para-hydroxylation sites is 2. The van der Waals surface area contributed by atoms with Crippen molar-refractivity contribution in [2.45, 2.75) is 6.10 Å². The third-order valence-electron chi connectivity index (χ3n) is 4.98. The minimum absolute atomic E-state index is 0.148. The molecule has 5 nitrogen and oxygen atoms in total. The second-order valence-corrected chi connectivity index (χ2v) is 6.83. The largest absolute Gasteiger partial charge is 0.485 e. The number of nitrogens with one attached hydrogen (secondary N) is 1. The zero-order valence-corrected chi connectivity index (χ0v) is 15.5.